The predicted molar refractivity (Wildman–Crippen MR) is 112 cm³/mol. The maximum absolute atomic E-state index is 11.7. The first kappa shape index (κ1) is 19.6. The number of rotatable bonds is 9. The van der Waals surface area contributed by atoms with Crippen LogP contribution in [0.1, 0.15) is 50.5 Å². The summed E-state index contributed by atoms with van der Waals surface area (Å²) in [6.07, 6.45) is 10.5. The number of nitrogens with zero attached hydrogens (tertiary/aromatic N) is 2. The smallest absolute Gasteiger partial charge is 0.307 e. The first-order valence-electron chi connectivity index (χ1n) is 10.1. The Balaban J connectivity index is 1.32. The van der Waals surface area contributed by atoms with Crippen LogP contribution in [0.2, 0.25) is 0 Å². The molecule has 1 heterocycles. The summed E-state index contributed by atoms with van der Waals surface area (Å²) < 4.78 is 2.85. The third kappa shape index (κ3) is 5.41. The van der Waals surface area contributed by atoms with Crippen LogP contribution < -0.4 is 10.2 Å². The molecular weight excluding hydrogens is 342 g/mol. The molecule has 1 aromatic heterocycles. The topological polar surface area (TPSA) is 37.3 Å². The SMILES string of the molecule is CN(CCCCc1ccc2c(c1)sc(=O)n2C)CCNC1CCCCC1. The number of hydrogen-bond acceptors (Lipinski definition) is 4. The van der Waals surface area contributed by atoms with Crippen LogP contribution in [0.3, 0.4) is 0 Å². The monoisotopic (exact) mass is 375 g/mol. The Bertz CT molecular complexity index is 745. The molecule has 0 radical (unpaired) electrons. The zero-order chi connectivity index (χ0) is 18.4. The predicted octanol–water partition coefficient (Wildman–Crippen LogP) is 3.78. The highest BCUT2D eigenvalue weighted by molar-refractivity contribution is 7.16. The second-order valence-corrected chi connectivity index (χ2v) is 8.77. The van der Waals surface area contributed by atoms with E-state index in [0.29, 0.717) is 0 Å². The van der Waals surface area contributed by atoms with Gasteiger partial charge in [0.2, 0.25) is 0 Å². The molecule has 0 amide bonds. The van der Waals surface area contributed by atoms with Crippen LogP contribution in [0.5, 0.6) is 0 Å². The van der Waals surface area contributed by atoms with Crippen molar-refractivity contribution in [2.75, 3.05) is 26.7 Å². The average molecular weight is 376 g/mol. The fourth-order valence-corrected chi connectivity index (χ4v) is 4.87. The van der Waals surface area contributed by atoms with E-state index < -0.39 is 0 Å². The van der Waals surface area contributed by atoms with Crippen LogP contribution in [0.15, 0.2) is 23.0 Å². The molecule has 1 aliphatic carbocycles. The van der Waals surface area contributed by atoms with E-state index >= 15 is 0 Å². The highest BCUT2D eigenvalue weighted by Gasteiger charge is 2.12. The summed E-state index contributed by atoms with van der Waals surface area (Å²) >= 11 is 1.35. The first-order valence-corrected chi connectivity index (χ1v) is 11.0. The van der Waals surface area contributed by atoms with Gasteiger partial charge in [0.15, 0.2) is 0 Å². The van der Waals surface area contributed by atoms with Crippen molar-refractivity contribution >= 4 is 21.6 Å². The molecule has 1 saturated carbocycles. The van der Waals surface area contributed by atoms with Gasteiger partial charge in [0.1, 0.15) is 0 Å². The van der Waals surface area contributed by atoms with E-state index in [1.54, 1.807) is 4.57 Å². The van der Waals surface area contributed by atoms with Gasteiger partial charge in [-0.05, 0) is 63.4 Å². The minimum absolute atomic E-state index is 0.126. The minimum Gasteiger partial charge on any atom is -0.313 e. The van der Waals surface area contributed by atoms with Crippen molar-refractivity contribution in [1.82, 2.24) is 14.8 Å². The first-order chi connectivity index (χ1) is 12.6. The van der Waals surface area contributed by atoms with E-state index in [2.05, 4.69) is 35.5 Å². The lowest BCUT2D eigenvalue weighted by molar-refractivity contribution is 0.301. The Hall–Kier alpha value is -1.17. The van der Waals surface area contributed by atoms with Crippen LogP contribution in [0.4, 0.5) is 0 Å². The van der Waals surface area contributed by atoms with E-state index in [-0.39, 0.29) is 4.87 Å². The zero-order valence-corrected chi connectivity index (χ0v) is 17.1. The van der Waals surface area contributed by atoms with Crippen molar-refractivity contribution in [3.05, 3.63) is 33.4 Å². The summed E-state index contributed by atoms with van der Waals surface area (Å²) in [7, 11) is 4.08. The average Bonchev–Trinajstić information content (AvgIpc) is 2.93. The summed E-state index contributed by atoms with van der Waals surface area (Å²) in [5, 5.41) is 3.72. The standard InChI is InChI=1S/C21H33N3OS/c1-23(15-13-22-18-9-4-3-5-10-18)14-7-6-8-17-11-12-19-20(16-17)26-21(25)24(19)2/h11-12,16,18,22H,3-10,13-15H2,1-2H3. The summed E-state index contributed by atoms with van der Waals surface area (Å²) in [5.74, 6) is 0. The van der Waals surface area contributed by atoms with Crippen LogP contribution in [-0.2, 0) is 13.5 Å². The van der Waals surface area contributed by atoms with Crippen molar-refractivity contribution in [3.8, 4) is 0 Å². The molecule has 0 atom stereocenters. The third-order valence-electron chi connectivity index (χ3n) is 5.64. The van der Waals surface area contributed by atoms with Gasteiger partial charge in [-0.25, -0.2) is 0 Å². The molecule has 4 nitrogen and oxygen atoms in total. The van der Waals surface area contributed by atoms with E-state index in [9.17, 15) is 4.79 Å². The van der Waals surface area contributed by atoms with E-state index in [1.165, 1.54) is 61.8 Å². The van der Waals surface area contributed by atoms with Crippen molar-refractivity contribution in [2.45, 2.75) is 57.4 Å². The number of benzene rings is 1. The normalized spacial score (nSPS) is 16.0. The molecule has 26 heavy (non-hydrogen) atoms. The van der Waals surface area contributed by atoms with Gasteiger partial charge in [0.25, 0.3) is 0 Å². The Morgan fingerprint density at radius 1 is 1.19 bits per heavy atom. The Labute approximate surface area is 161 Å². The van der Waals surface area contributed by atoms with Crippen molar-refractivity contribution in [1.29, 1.82) is 0 Å². The van der Waals surface area contributed by atoms with Gasteiger partial charge in [-0.2, -0.15) is 0 Å². The molecule has 0 spiro atoms. The molecule has 5 heteroatoms. The Morgan fingerprint density at radius 3 is 2.81 bits per heavy atom. The summed E-state index contributed by atoms with van der Waals surface area (Å²) in [5.41, 5.74) is 2.40. The lowest BCUT2D eigenvalue weighted by atomic mass is 9.95. The molecule has 0 unspecified atom stereocenters. The van der Waals surface area contributed by atoms with Gasteiger partial charge in [0, 0.05) is 26.2 Å². The second-order valence-electron chi connectivity index (χ2n) is 7.78. The number of unbranched alkanes of at least 4 members (excludes halogenated alkanes) is 1. The van der Waals surface area contributed by atoms with Crippen molar-refractivity contribution in [3.63, 3.8) is 0 Å². The van der Waals surface area contributed by atoms with Gasteiger partial charge in [-0.3, -0.25) is 4.79 Å². The fraction of sp³-hybridized carbons (Fsp3) is 0.667. The minimum atomic E-state index is 0.126. The van der Waals surface area contributed by atoms with Crippen LogP contribution in [-0.4, -0.2) is 42.2 Å². The van der Waals surface area contributed by atoms with Gasteiger partial charge in [-0.1, -0.05) is 36.7 Å². The van der Waals surface area contributed by atoms with E-state index in [1.807, 2.05) is 7.05 Å². The lowest BCUT2D eigenvalue weighted by Gasteiger charge is -2.24. The molecular formula is C21H33N3OS. The molecule has 1 fully saturated rings. The van der Waals surface area contributed by atoms with Gasteiger partial charge >= 0.3 is 4.87 Å². The fourth-order valence-electron chi connectivity index (χ4n) is 3.92. The molecule has 0 saturated heterocycles. The highest BCUT2D eigenvalue weighted by Crippen LogP contribution is 2.19. The van der Waals surface area contributed by atoms with Gasteiger partial charge in [0.05, 0.1) is 10.2 Å². The molecule has 1 aromatic carbocycles. The zero-order valence-electron chi connectivity index (χ0n) is 16.3. The van der Waals surface area contributed by atoms with Gasteiger partial charge < -0.3 is 14.8 Å². The lowest BCUT2D eigenvalue weighted by Crippen LogP contribution is -2.37. The number of hydrogen-bond donors (Lipinski definition) is 1. The van der Waals surface area contributed by atoms with Crippen LogP contribution in [0.25, 0.3) is 10.2 Å². The molecule has 1 aliphatic rings. The summed E-state index contributed by atoms with van der Waals surface area (Å²) in [4.78, 5) is 14.3. The maximum atomic E-state index is 11.7. The van der Waals surface area contributed by atoms with Crippen LogP contribution >= 0.6 is 11.3 Å². The number of nitrogens with one attached hydrogen (secondary N) is 1. The number of aryl methyl sites for hydroxylation is 2. The summed E-state index contributed by atoms with van der Waals surface area (Å²) in [6, 6.07) is 7.22. The Morgan fingerprint density at radius 2 is 2.00 bits per heavy atom. The van der Waals surface area contributed by atoms with Crippen molar-refractivity contribution < 1.29 is 0 Å². The molecule has 1 N–H and O–H groups in total. The number of thiazole rings is 1. The number of fused-ring (bicyclic) bond motifs is 1. The van der Waals surface area contributed by atoms with E-state index in [0.717, 1.165) is 42.3 Å². The third-order valence-corrected chi connectivity index (χ3v) is 6.64. The molecule has 144 valence electrons. The van der Waals surface area contributed by atoms with Crippen LogP contribution in [0, 0.1) is 0 Å². The van der Waals surface area contributed by atoms with E-state index in [4.69, 9.17) is 0 Å². The highest BCUT2D eigenvalue weighted by atomic mass is 32.1. The molecule has 0 bridgehead atoms. The van der Waals surface area contributed by atoms with Crippen molar-refractivity contribution in [2.24, 2.45) is 7.05 Å². The van der Waals surface area contributed by atoms with Gasteiger partial charge in [-0.15, -0.1) is 0 Å². The molecule has 0 aliphatic heterocycles. The summed E-state index contributed by atoms with van der Waals surface area (Å²) in [6.45, 7) is 3.42. The number of likely N-dealkylation sites (N-methyl/N-ethyl adjacent to an activating group) is 1. The molecule has 2 aromatic rings. The largest absolute Gasteiger partial charge is 0.313 e. The maximum Gasteiger partial charge on any atom is 0.307 e. The molecule has 3 rings (SSSR count). The quantitative estimate of drug-likeness (QED) is 0.678. The second kappa shape index (κ2) is 9.67. The number of aromatic nitrogens is 1. The Kier molecular flexibility index (Phi) is 7.29.